The molecular formula is C26H18BrNO3. The van der Waals surface area contributed by atoms with Crippen LogP contribution in [-0.4, -0.2) is 18.1 Å². The zero-order valence-corrected chi connectivity index (χ0v) is 18.3. The Balaban J connectivity index is 1.70. The first kappa shape index (κ1) is 18.7. The maximum Gasteiger partial charge on any atom is 0.239 e. The number of hydrogen-bond acceptors (Lipinski definition) is 3. The summed E-state index contributed by atoms with van der Waals surface area (Å²) >= 11 is 3.44. The summed E-state index contributed by atoms with van der Waals surface area (Å²) in [7, 11) is 0. The predicted octanol–water partition coefficient (Wildman–Crippen LogP) is 4.37. The molecule has 4 aliphatic rings. The van der Waals surface area contributed by atoms with Crippen LogP contribution in [0.15, 0.2) is 77.3 Å². The Labute approximate surface area is 188 Å². The third-order valence-corrected chi connectivity index (χ3v) is 8.03. The van der Waals surface area contributed by atoms with Gasteiger partial charge >= 0.3 is 0 Å². The van der Waals surface area contributed by atoms with Gasteiger partial charge in [0.2, 0.25) is 11.8 Å². The molecular weight excluding hydrogens is 454 g/mol. The van der Waals surface area contributed by atoms with E-state index in [1.165, 1.54) is 4.90 Å². The van der Waals surface area contributed by atoms with Crippen molar-refractivity contribution in [1.82, 2.24) is 0 Å². The highest BCUT2D eigenvalue weighted by molar-refractivity contribution is 9.10. The van der Waals surface area contributed by atoms with Crippen LogP contribution in [0.25, 0.3) is 0 Å². The van der Waals surface area contributed by atoms with E-state index in [4.69, 9.17) is 0 Å². The molecule has 31 heavy (non-hydrogen) atoms. The van der Waals surface area contributed by atoms with Gasteiger partial charge in [0, 0.05) is 9.89 Å². The fraction of sp³-hybridized carbons (Fsp3) is 0.192. The lowest BCUT2D eigenvalue weighted by atomic mass is 9.42. The zero-order valence-electron chi connectivity index (χ0n) is 16.7. The van der Waals surface area contributed by atoms with Gasteiger partial charge in [0.15, 0.2) is 0 Å². The molecule has 152 valence electrons. The van der Waals surface area contributed by atoms with Gasteiger partial charge in [0.1, 0.15) is 6.29 Å². The number of anilines is 1. The number of carbonyl (C=O) groups is 3. The number of hydrogen-bond donors (Lipinski definition) is 0. The van der Waals surface area contributed by atoms with Gasteiger partial charge < -0.3 is 4.79 Å². The Hall–Kier alpha value is -3.05. The quantitative estimate of drug-likeness (QED) is 0.411. The number of carbonyl (C=O) groups excluding carboxylic acids is 3. The molecule has 3 aromatic rings. The van der Waals surface area contributed by atoms with Crippen LogP contribution in [0.5, 0.6) is 0 Å². The van der Waals surface area contributed by atoms with Crippen LogP contribution in [0, 0.1) is 11.8 Å². The Morgan fingerprint density at radius 2 is 1.35 bits per heavy atom. The van der Waals surface area contributed by atoms with E-state index in [-0.39, 0.29) is 11.8 Å². The minimum Gasteiger partial charge on any atom is -0.302 e. The molecule has 0 unspecified atom stereocenters. The first-order chi connectivity index (χ1) is 15.0. The number of benzene rings is 3. The van der Waals surface area contributed by atoms with Crippen LogP contribution in [0.3, 0.4) is 0 Å². The lowest BCUT2D eigenvalue weighted by Gasteiger charge is -2.56. The summed E-state index contributed by atoms with van der Waals surface area (Å²) in [5, 5.41) is 0. The first-order valence-electron chi connectivity index (χ1n) is 10.3. The van der Waals surface area contributed by atoms with Crippen molar-refractivity contribution in [2.24, 2.45) is 11.8 Å². The van der Waals surface area contributed by atoms with Gasteiger partial charge in [-0.15, -0.1) is 0 Å². The molecule has 0 saturated carbocycles. The molecule has 0 aromatic heterocycles. The summed E-state index contributed by atoms with van der Waals surface area (Å²) in [5.74, 6) is -1.97. The van der Waals surface area contributed by atoms with Crippen LogP contribution in [0.4, 0.5) is 5.69 Å². The van der Waals surface area contributed by atoms with Gasteiger partial charge in [0.25, 0.3) is 0 Å². The van der Waals surface area contributed by atoms with Crippen molar-refractivity contribution in [3.05, 3.63) is 99.5 Å². The molecule has 0 N–H and O–H groups in total. The predicted molar refractivity (Wildman–Crippen MR) is 120 cm³/mol. The Bertz CT molecular complexity index is 1270. The van der Waals surface area contributed by atoms with Crippen molar-refractivity contribution in [2.75, 3.05) is 4.90 Å². The molecule has 1 fully saturated rings. The minimum absolute atomic E-state index is 0.245. The van der Waals surface area contributed by atoms with Gasteiger partial charge in [-0.25, -0.2) is 4.90 Å². The number of imide groups is 1. The van der Waals surface area contributed by atoms with Gasteiger partial charge in [-0.3, -0.25) is 9.59 Å². The normalized spacial score (nSPS) is 30.1. The Morgan fingerprint density at radius 3 is 1.90 bits per heavy atom. The second-order valence-corrected chi connectivity index (χ2v) is 9.64. The van der Waals surface area contributed by atoms with Gasteiger partial charge in [-0.05, 0) is 40.5 Å². The summed E-state index contributed by atoms with van der Waals surface area (Å²) in [6.45, 7) is 2.05. The maximum absolute atomic E-state index is 13.9. The summed E-state index contributed by atoms with van der Waals surface area (Å²) in [4.78, 5) is 42.1. The SMILES string of the molecule is CC12c3ccccc3C(C=O)(c3ccccc31)[C@@H]1C(=O)N(c3cccc(Br)c3)C(=O)[C@H]12. The number of nitrogens with zero attached hydrogens (tertiary/aromatic N) is 1. The molecule has 1 heterocycles. The van der Waals surface area contributed by atoms with Gasteiger partial charge in [-0.2, -0.15) is 0 Å². The monoisotopic (exact) mass is 471 g/mol. The molecule has 2 amide bonds. The minimum atomic E-state index is -1.18. The molecule has 0 radical (unpaired) electrons. The maximum atomic E-state index is 13.9. The molecule has 1 aliphatic heterocycles. The Morgan fingerprint density at radius 1 is 0.806 bits per heavy atom. The van der Waals surface area contributed by atoms with Crippen molar-refractivity contribution in [1.29, 1.82) is 0 Å². The highest BCUT2D eigenvalue weighted by Crippen LogP contribution is 2.66. The van der Waals surface area contributed by atoms with E-state index in [0.29, 0.717) is 5.69 Å². The topological polar surface area (TPSA) is 54.5 Å². The number of amides is 2. The van der Waals surface area contributed by atoms with Gasteiger partial charge in [-0.1, -0.05) is 77.5 Å². The molecule has 3 aromatic carbocycles. The standard InChI is InChI=1S/C26H18BrNO3/c1-25-17-9-2-4-11-19(17)26(14-29,20-12-5-3-10-18(20)25)22-21(25)23(30)28(24(22)31)16-8-6-7-15(27)13-16/h2-14,21-22H,1H3/t21-,22-,25?,26?/m0/s1. The van der Waals surface area contributed by atoms with E-state index in [9.17, 15) is 14.4 Å². The summed E-state index contributed by atoms with van der Waals surface area (Å²) in [5.41, 5.74) is 2.24. The first-order valence-corrected chi connectivity index (χ1v) is 11.0. The van der Waals surface area contributed by atoms with E-state index in [1.54, 1.807) is 18.2 Å². The molecule has 0 spiro atoms. The van der Waals surface area contributed by atoms with Crippen molar-refractivity contribution in [2.45, 2.75) is 17.8 Å². The average Bonchev–Trinajstić information content (AvgIpc) is 3.06. The highest BCUT2D eigenvalue weighted by Gasteiger charge is 2.72. The lowest BCUT2D eigenvalue weighted by molar-refractivity contribution is -0.129. The van der Waals surface area contributed by atoms with Crippen molar-refractivity contribution in [3.63, 3.8) is 0 Å². The Kier molecular flexibility index (Phi) is 3.63. The highest BCUT2D eigenvalue weighted by atomic mass is 79.9. The number of aldehydes is 1. The molecule has 1 saturated heterocycles. The smallest absolute Gasteiger partial charge is 0.239 e. The number of rotatable bonds is 2. The molecule has 4 nitrogen and oxygen atoms in total. The summed E-state index contributed by atoms with van der Waals surface area (Å²) in [6.07, 6.45) is 0.899. The van der Waals surface area contributed by atoms with Gasteiger partial charge in [0.05, 0.1) is 22.9 Å². The van der Waals surface area contributed by atoms with E-state index >= 15 is 0 Å². The lowest BCUT2D eigenvalue weighted by Crippen LogP contribution is -2.61. The largest absolute Gasteiger partial charge is 0.302 e. The molecule has 3 aliphatic carbocycles. The van der Waals surface area contributed by atoms with E-state index < -0.39 is 22.7 Å². The van der Waals surface area contributed by atoms with Crippen LogP contribution < -0.4 is 4.90 Å². The third-order valence-electron chi connectivity index (χ3n) is 7.54. The van der Waals surface area contributed by atoms with E-state index in [2.05, 4.69) is 15.9 Å². The van der Waals surface area contributed by atoms with Crippen molar-refractivity contribution < 1.29 is 14.4 Å². The zero-order chi connectivity index (χ0) is 21.5. The molecule has 2 atom stereocenters. The average molecular weight is 472 g/mol. The molecule has 2 bridgehead atoms. The van der Waals surface area contributed by atoms with E-state index in [1.807, 2.05) is 61.5 Å². The van der Waals surface area contributed by atoms with Crippen LogP contribution in [-0.2, 0) is 25.2 Å². The molecule has 7 rings (SSSR count). The van der Waals surface area contributed by atoms with Crippen LogP contribution in [0.2, 0.25) is 0 Å². The van der Waals surface area contributed by atoms with Crippen LogP contribution >= 0.6 is 15.9 Å². The second kappa shape index (κ2) is 6.01. The van der Waals surface area contributed by atoms with E-state index in [0.717, 1.165) is 33.0 Å². The second-order valence-electron chi connectivity index (χ2n) is 8.73. The summed E-state index contributed by atoms with van der Waals surface area (Å²) < 4.78 is 0.784. The fourth-order valence-electron chi connectivity index (χ4n) is 6.33. The summed E-state index contributed by atoms with van der Waals surface area (Å²) in [6, 6.07) is 22.7. The number of halogens is 1. The van der Waals surface area contributed by atoms with Crippen LogP contribution in [0.1, 0.15) is 29.2 Å². The van der Waals surface area contributed by atoms with Crippen molar-refractivity contribution in [3.8, 4) is 0 Å². The third kappa shape index (κ3) is 1.98. The molecule has 5 heteroatoms. The van der Waals surface area contributed by atoms with Crippen molar-refractivity contribution >= 4 is 39.7 Å². The fourth-order valence-corrected chi connectivity index (χ4v) is 6.72.